The molecule has 0 saturated heterocycles. The van der Waals surface area contributed by atoms with Crippen LogP contribution in [0.5, 0.6) is 0 Å². The fourth-order valence-electron chi connectivity index (χ4n) is 10.00. The summed E-state index contributed by atoms with van der Waals surface area (Å²) in [5.74, 6) is 0. The fourth-order valence-corrected chi connectivity index (χ4v) is 10.00. The molecule has 0 radical (unpaired) electrons. The molecule has 0 spiro atoms. The highest BCUT2D eigenvalue weighted by Crippen LogP contribution is 2.49. The third-order valence-electron chi connectivity index (χ3n) is 12.8. The lowest BCUT2D eigenvalue weighted by Gasteiger charge is -2.30. The zero-order chi connectivity index (χ0) is 41.7. The molecule has 0 aliphatic rings. The highest BCUT2D eigenvalue weighted by Gasteiger charge is 2.23. The van der Waals surface area contributed by atoms with E-state index in [9.17, 15) is 0 Å². The molecule has 0 heterocycles. The van der Waals surface area contributed by atoms with E-state index in [1.54, 1.807) is 0 Å². The molecule has 12 aromatic rings. The third kappa shape index (κ3) is 6.25. The van der Waals surface area contributed by atoms with Crippen LogP contribution in [0.3, 0.4) is 0 Å². The van der Waals surface area contributed by atoms with Crippen molar-refractivity contribution in [3.8, 4) is 44.5 Å². The number of para-hydroxylation sites is 1. The van der Waals surface area contributed by atoms with E-state index >= 15 is 0 Å². The minimum absolute atomic E-state index is 1.09. The number of nitrogens with zero attached hydrogens (tertiary/aromatic N) is 1. The first-order chi connectivity index (χ1) is 31.3. The maximum Gasteiger partial charge on any atom is 0.0540 e. The molecule has 0 unspecified atom stereocenters. The molecule has 0 aliphatic heterocycles. The Bertz CT molecular complexity index is 3670. The molecule has 0 atom stereocenters. The van der Waals surface area contributed by atoms with Crippen LogP contribution < -0.4 is 4.90 Å². The van der Waals surface area contributed by atoms with Gasteiger partial charge in [0.25, 0.3) is 0 Å². The summed E-state index contributed by atoms with van der Waals surface area (Å²) in [6, 6.07) is 91.2. The lowest BCUT2D eigenvalue weighted by molar-refractivity contribution is 1.30. The fraction of sp³-hybridized carbons (Fsp3) is 0. The van der Waals surface area contributed by atoms with E-state index in [2.05, 4.69) is 254 Å². The van der Waals surface area contributed by atoms with Crippen LogP contribution in [0.15, 0.2) is 249 Å². The topological polar surface area (TPSA) is 3.24 Å². The van der Waals surface area contributed by atoms with Crippen molar-refractivity contribution in [1.82, 2.24) is 0 Å². The molecule has 0 bridgehead atoms. The molecule has 12 rings (SSSR count). The Morgan fingerprint density at radius 3 is 1.49 bits per heavy atom. The van der Waals surface area contributed by atoms with E-state index in [1.807, 2.05) is 0 Å². The van der Waals surface area contributed by atoms with E-state index in [1.165, 1.54) is 87.2 Å². The Balaban J connectivity index is 1.13. The van der Waals surface area contributed by atoms with Gasteiger partial charge in [-0.15, -0.1) is 0 Å². The van der Waals surface area contributed by atoms with E-state index in [0.717, 1.165) is 28.2 Å². The lowest BCUT2D eigenvalue weighted by atomic mass is 9.84. The Kier molecular flexibility index (Phi) is 8.90. The summed E-state index contributed by atoms with van der Waals surface area (Å²) >= 11 is 0. The van der Waals surface area contributed by atoms with Crippen molar-refractivity contribution >= 4 is 70.9 Å². The number of benzene rings is 12. The summed E-state index contributed by atoms with van der Waals surface area (Å²) in [6.07, 6.45) is 0. The van der Waals surface area contributed by atoms with Gasteiger partial charge in [0.1, 0.15) is 0 Å². The van der Waals surface area contributed by atoms with E-state index in [4.69, 9.17) is 0 Å². The first-order valence-corrected chi connectivity index (χ1v) is 21.8. The second kappa shape index (κ2) is 15.3. The van der Waals surface area contributed by atoms with Crippen LogP contribution in [0.1, 0.15) is 0 Å². The molecule has 0 fully saturated rings. The Morgan fingerprint density at radius 2 is 0.698 bits per heavy atom. The lowest BCUT2D eigenvalue weighted by Crippen LogP contribution is -2.12. The average molecular weight is 800 g/mol. The highest BCUT2D eigenvalue weighted by molar-refractivity contribution is 6.22. The zero-order valence-electron chi connectivity index (χ0n) is 34.6. The molecule has 12 aromatic carbocycles. The van der Waals surface area contributed by atoms with Gasteiger partial charge < -0.3 is 4.90 Å². The smallest absolute Gasteiger partial charge is 0.0540 e. The van der Waals surface area contributed by atoms with Gasteiger partial charge in [0.15, 0.2) is 0 Å². The predicted molar refractivity (Wildman–Crippen MR) is 270 cm³/mol. The van der Waals surface area contributed by atoms with Crippen molar-refractivity contribution in [3.63, 3.8) is 0 Å². The monoisotopic (exact) mass is 799 g/mol. The second-order valence-corrected chi connectivity index (χ2v) is 16.4. The van der Waals surface area contributed by atoms with Crippen LogP contribution in [0, 0.1) is 0 Å². The van der Waals surface area contributed by atoms with Crippen molar-refractivity contribution in [2.45, 2.75) is 0 Å². The molecule has 0 aromatic heterocycles. The van der Waals surface area contributed by atoms with Crippen LogP contribution in [-0.4, -0.2) is 0 Å². The van der Waals surface area contributed by atoms with Gasteiger partial charge in [-0.1, -0.05) is 218 Å². The minimum Gasteiger partial charge on any atom is -0.309 e. The van der Waals surface area contributed by atoms with E-state index in [0.29, 0.717) is 0 Å². The first-order valence-electron chi connectivity index (χ1n) is 21.8. The quantitative estimate of drug-likeness (QED) is 0.145. The Hall–Kier alpha value is -8.26. The normalized spacial score (nSPS) is 11.5. The molecule has 63 heavy (non-hydrogen) atoms. The average Bonchev–Trinajstić information content (AvgIpc) is 3.36. The minimum atomic E-state index is 1.09. The molecule has 1 heteroatoms. The number of hydrogen-bond donors (Lipinski definition) is 0. The van der Waals surface area contributed by atoms with Gasteiger partial charge in [0.2, 0.25) is 0 Å². The molecule has 0 amide bonds. The molecule has 0 saturated carbocycles. The first kappa shape index (κ1) is 36.6. The van der Waals surface area contributed by atoms with Crippen LogP contribution in [0.2, 0.25) is 0 Å². The molecule has 0 aliphatic carbocycles. The van der Waals surface area contributed by atoms with Crippen LogP contribution in [0.4, 0.5) is 17.1 Å². The third-order valence-corrected chi connectivity index (χ3v) is 12.8. The van der Waals surface area contributed by atoms with E-state index in [-0.39, 0.29) is 0 Å². The highest BCUT2D eigenvalue weighted by atomic mass is 15.1. The maximum atomic E-state index is 2.49. The van der Waals surface area contributed by atoms with Gasteiger partial charge in [0, 0.05) is 16.6 Å². The maximum absolute atomic E-state index is 2.49. The molecule has 294 valence electrons. The van der Waals surface area contributed by atoms with Gasteiger partial charge in [0.05, 0.1) is 11.4 Å². The van der Waals surface area contributed by atoms with Crippen molar-refractivity contribution in [2.24, 2.45) is 0 Å². The SMILES string of the molecule is c1ccc(-c2c(-c3ccccc3)c3cc(-c4ccccc4N(c4cccc(-c5cccc6ccccc56)c4)c4cccc5c4ccc4ccccc45)ccc3c3ccccc23)cc1. The number of anilines is 3. The standard InChI is InChI=1S/C62H41N/c1-3-20-44(21-4-1)61-57-31-12-11-30-54(57)55-38-37-47(41-58(55)62(61)45-22-5-2-6-23-45)52-29-13-14-34-59(52)63(60-35-17-33-53-50-28-10-8-19-43(50)36-39-56(53)60)48-26-15-25-46(40-48)51-32-16-24-42-18-7-9-27-49(42)51/h1-41H. The molecule has 1 nitrogen and oxygen atoms in total. The number of fused-ring (bicyclic) bond motifs is 7. The van der Waals surface area contributed by atoms with Gasteiger partial charge in [-0.3, -0.25) is 0 Å². The molecular formula is C62H41N. The summed E-state index contributed by atoms with van der Waals surface area (Å²) < 4.78 is 0. The van der Waals surface area contributed by atoms with Gasteiger partial charge in [-0.05, 0) is 118 Å². The van der Waals surface area contributed by atoms with Gasteiger partial charge in [-0.25, -0.2) is 0 Å². The Morgan fingerprint density at radius 1 is 0.222 bits per heavy atom. The van der Waals surface area contributed by atoms with Crippen LogP contribution in [0.25, 0.3) is 98.4 Å². The summed E-state index contributed by atoms with van der Waals surface area (Å²) in [6.45, 7) is 0. The summed E-state index contributed by atoms with van der Waals surface area (Å²) in [4.78, 5) is 2.49. The van der Waals surface area contributed by atoms with Gasteiger partial charge in [-0.2, -0.15) is 0 Å². The van der Waals surface area contributed by atoms with Crippen molar-refractivity contribution in [1.29, 1.82) is 0 Å². The largest absolute Gasteiger partial charge is 0.309 e. The summed E-state index contributed by atoms with van der Waals surface area (Å²) in [5.41, 5.74) is 13.0. The molecule has 0 N–H and O–H groups in total. The van der Waals surface area contributed by atoms with Crippen molar-refractivity contribution < 1.29 is 0 Å². The number of hydrogen-bond acceptors (Lipinski definition) is 1. The summed E-state index contributed by atoms with van der Waals surface area (Å²) in [5, 5.41) is 12.4. The Labute approximate surface area is 367 Å². The van der Waals surface area contributed by atoms with Crippen molar-refractivity contribution in [3.05, 3.63) is 249 Å². The van der Waals surface area contributed by atoms with Crippen LogP contribution >= 0.6 is 0 Å². The van der Waals surface area contributed by atoms with Crippen molar-refractivity contribution in [2.75, 3.05) is 4.90 Å². The van der Waals surface area contributed by atoms with Crippen LogP contribution in [-0.2, 0) is 0 Å². The summed E-state index contributed by atoms with van der Waals surface area (Å²) in [7, 11) is 0. The predicted octanol–water partition coefficient (Wildman–Crippen LogP) is 17.6. The van der Waals surface area contributed by atoms with E-state index < -0.39 is 0 Å². The number of rotatable bonds is 7. The zero-order valence-corrected chi connectivity index (χ0v) is 34.6. The molecular weight excluding hydrogens is 759 g/mol. The van der Waals surface area contributed by atoms with Gasteiger partial charge >= 0.3 is 0 Å². The second-order valence-electron chi connectivity index (χ2n) is 16.4.